The number of halogens is 1. The summed E-state index contributed by atoms with van der Waals surface area (Å²) in [5.74, 6) is 0.919. The van der Waals surface area contributed by atoms with Crippen LogP contribution in [0.4, 0.5) is 5.69 Å². The van der Waals surface area contributed by atoms with Crippen molar-refractivity contribution < 1.29 is 13.2 Å². The maximum Gasteiger partial charge on any atom is 0.193 e. The normalized spacial score (nSPS) is 15.5. The van der Waals surface area contributed by atoms with E-state index < -0.39 is 9.84 Å². The first-order chi connectivity index (χ1) is 12.0. The van der Waals surface area contributed by atoms with E-state index >= 15 is 0 Å². The Morgan fingerprint density at radius 1 is 1.15 bits per heavy atom. The van der Waals surface area contributed by atoms with Gasteiger partial charge in [0.15, 0.2) is 5.96 Å². The number of guanidine groups is 1. The molecule has 7 nitrogen and oxygen atoms in total. The zero-order chi connectivity index (χ0) is 18.1. The fourth-order valence-electron chi connectivity index (χ4n) is 2.69. The van der Waals surface area contributed by atoms with Crippen LogP contribution >= 0.6 is 24.0 Å². The summed E-state index contributed by atoms with van der Waals surface area (Å²) in [4.78, 5) is 8.93. The number of nitrogens with one attached hydrogen (secondary N) is 1. The third-order valence-corrected chi connectivity index (χ3v) is 4.95. The number of ether oxygens (including phenoxy) is 1. The molecule has 0 spiro atoms. The van der Waals surface area contributed by atoms with Crippen LogP contribution < -0.4 is 10.2 Å². The average Bonchev–Trinajstić information content (AvgIpc) is 2.61. The standard InChI is InChI=1S/C17H28N4O3S.HI/c1-18-17(19-8-13-24-14-15-25(2,22)23)21-11-9-20(10-12-21)16-6-4-3-5-7-16;/h3-7H,8-15H2,1-2H3,(H,18,19);1H. The molecule has 0 unspecified atom stereocenters. The van der Waals surface area contributed by atoms with Gasteiger partial charge in [-0.25, -0.2) is 8.42 Å². The lowest BCUT2D eigenvalue weighted by Crippen LogP contribution is -2.53. The molecule has 0 atom stereocenters. The van der Waals surface area contributed by atoms with Crippen LogP contribution in [0.1, 0.15) is 0 Å². The molecule has 1 fully saturated rings. The third kappa shape index (κ3) is 8.09. The summed E-state index contributed by atoms with van der Waals surface area (Å²) in [6.45, 7) is 5.01. The third-order valence-electron chi connectivity index (χ3n) is 4.04. The molecular formula is C17H29IN4O3S. The van der Waals surface area contributed by atoms with Gasteiger partial charge in [-0.2, -0.15) is 0 Å². The Morgan fingerprint density at radius 3 is 2.38 bits per heavy atom. The molecule has 0 bridgehead atoms. The predicted octanol–water partition coefficient (Wildman–Crippen LogP) is 1.06. The van der Waals surface area contributed by atoms with E-state index in [-0.39, 0.29) is 36.3 Å². The fourth-order valence-corrected chi connectivity index (χ4v) is 3.12. The predicted molar refractivity (Wildman–Crippen MR) is 118 cm³/mol. The van der Waals surface area contributed by atoms with Gasteiger partial charge < -0.3 is 19.9 Å². The van der Waals surface area contributed by atoms with Crippen molar-refractivity contribution in [2.75, 3.05) is 69.9 Å². The Labute approximate surface area is 173 Å². The van der Waals surface area contributed by atoms with E-state index in [0.29, 0.717) is 13.2 Å². The van der Waals surface area contributed by atoms with Gasteiger partial charge >= 0.3 is 0 Å². The highest BCUT2D eigenvalue weighted by Gasteiger charge is 2.19. The second kappa shape index (κ2) is 11.6. The lowest BCUT2D eigenvalue weighted by atomic mass is 10.2. The van der Waals surface area contributed by atoms with Crippen LogP contribution in [0.5, 0.6) is 0 Å². The topological polar surface area (TPSA) is 74.2 Å². The highest BCUT2D eigenvalue weighted by molar-refractivity contribution is 14.0. The van der Waals surface area contributed by atoms with Gasteiger partial charge in [-0.1, -0.05) is 18.2 Å². The molecule has 1 aromatic carbocycles. The molecule has 0 radical (unpaired) electrons. The first-order valence-corrected chi connectivity index (χ1v) is 10.6. The smallest absolute Gasteiger partial charge is 0.193 e. The number of sulfone groups is 1. The molecule has 0 aliphatic carbocycles. The van der Waals surface area contributed by atoms with Crippen LogP contribution in [0.3, 0.4) is 0 Å². The first kappa shape index (κ1) is 23.0. The summed E-state index contributed by atoms with van der Waals surface area (Å²) >= 11 is 0. The number of rotatable bonds is 7. The highest BCUT2D eigenvalue weighted by atomic mass is 127. The van der Waals surface area contributed by atoms with E-state index in [9.17, 15) is 8.42 Å². The number of piperazine rings is 1. The lowest BCUT2D eigenvalue weighted by molar-refractivity contribution is 0.153. The molecule has 9 heteroatoms. The molecule has 1 saturated heterocycles. The second-order valence-corrected chi connectivity index (χ2v) is 8.29. The van der Waals surface area contributed by atoms with E-state index in [1.165, 1.54) is 11.9 Å². The number of benzene rings is 1. The Morgan fingerprint density at radius 2 is 1.81 bits per heavy atom. The van der Waals surface area contributed by atoms with Gasteiger partial charge in [0.05, 0.1) is 19.0 Å². The molecule has 148 valence electrons. The Kier molecular flexibility index (Phi) is 10.3. The lowest BCUT2D eigenvalue weighted by Gasteiger charge is -2.37. The zero-order valence-electron chi connectivity index (χ0n) is 15.4. The minimum atomic E-state index is -2.96. The average molecular weight is 496 g/mol. The SMILES string of the molecule is CN=C(NCCOCCS(C)(=O)=O)N1CCN(c2ccccc2)CC1.I. The summed E-state index contributed by atoms with van der Waals surface area (Å²) < 4.78 is 27.4. The molecular weight excluding hydrogens is 467 g/mol. The summed E-state index contributed by atoms with van der Waals surface area (Å²) in [7, 11) is -1.19. The van der Waals surface area contributed by atoms with Crippen LogP contribution in [-0.4, -0.2) is 84.3 Å². The van der Waals surface area contributed by atoms with Gasteiger partial charge in [-0.05, 0) is 12.1 Å². The largest absolute Gasteiger partial charge is 0.379 e. The minimum Gasteiger partial charge on any atom is -0.379 e. The molecule has 2 rings (SSSR count). The zero-order valence-corrected chi connectivity index (χ0v) is 18.6. The van der Waals surface area contributed by atoms with Crippen molar-refractivity contribution in [3.63, 3.8) is 0 Å². The van der Waals surface area contributed by atoms with E-state index in [2.05, 4.69) is 44.4 Å². The maximum atomic E-state index is 11.0. The summed E-state index contributed by atoms with van der Waals surface area (Å²) in [5.41, 5.74) is 1.25. The number of aliphatic imine (C=N–C) groups is 1. The molecule has 0 saturated carbocycles. The highest BCUT2D eigenvalue weighted by Crippen LogP contribution is 2.15. The summed E-state index contributed by atoms with van der Waals surface area (Å²) in [5, 5.41) is 3.27. The van der Waals surface area contributed by atoms with Gasteiger partial charge in [0.25, 0.3) is 0 Å². The number of hydrogen-bond acceptors (Lipinski definition) is 5. The van der Waals surface area contributed by atoms with Crippen LogP contribution in [0.2, 0.25) is 0 Å². The molecule has 0 aromatic heterocycles. The van der Waals surface area contributed by atoms with Crippen molar-refractivity contribution in [2.24, 2.45) is 4.99 Å². The van der Waals surface area contributed by atoms with E-state index in [0.717, 1.165) is 32.1 Å². The van der Waals surface area contributed by atoms with Crippen molar-refractivity contribution >= 4 is 45.5 Å². The molecule has 1 aliphatic heterocycles. The second-order valence-electron chi connectivity index (χ2n) is 6.03. The van der Waals surface area contributed by atoms with Crippen molar-refractivity contribution in [1.82, 2.24) is 10.2 Å². The van der Waals surface area contributed by atoms with Gasteiger partial charge in [-0.15, -0.1) is 24.0 Å². The van der Waals surface area contributed by atoms with Gasteiger partial charge in [0.1, 0.15) is 9.84 Å². The minimum absolute atomic E-state index is 0. The van der Waals surface area contributed by atoms with E-state index in [4.69, 9.17) is 4.74 Å². The van der Waals surface area contributed by atoms with Gasteiger partial charge in [-0.3, -0.25) is 4.99 Å². The number of nitrogens with zero attached hydrogens (tertiary/aromatic N) is 3. The van der Waals surface area contributed by atoms with Crippen LogP contribution in [0.25, 0.3) is 0 Å². The maximum absolute atomic E-state index is 11.0. The van der Waals surface area contributed by atoms with E-state index in [1.807, 2.05) is 6.07 Å². The van der Waals surface area contributed by atoms with Gasteiger partial charge in [0.2, 0.25) is 0 Å². The van der Waals surface area contributed by atoms with Crippen molar-refractivity contribution in [3.8, 4) is 0 Å². The van der Waals surface area contributed by atoms with Gasteiger partial charge in [0, 0.05) is 51.7 Å². The quantitative estimate of drug-likeness (QED) is 0.264. The first-order valence-electron chi connectivity index (χ1n) is 8.50. The van der Waals surface area contributed by atoms with Crippen molar-refractivity contribution in [2.45, 2.75) is 0 Å². The fraction of sp³-hybridized carbons (Fsp3) is 0.588. The molecule has 1 aromatic rings. The molecule has 0 amide bonds. The number of hydrogen-bond donors (Lipinski definition) is 1. The van der Waals surface area contributed by atoms with Crippen LogP contribution in [-0.2, 0) is 14.6 Å². The van der Waals surface area contributed by atoms with E-state index in [1.54, 1.807) is 7.05 Å². The van der Waals surface area contributed by atoms with Crippen molar-refractivity contribution in [1.29, 1.82) is 0 Å². The van der Waals surface area contributed by atoms with Crippen LogP contribution in [0, 0.1) is 0 Å². The molecule has 1 N–H and O–H groups in total. The van der Waals surface area contributed by atoms with Crippen LogP contribution in [0.15, 0.2) is 35.3 Å². The molecule has 1 heterocycles. The summed E-state index contributed by atoms with van der Waals surface area (Å²) in [6, 6.07) is 10.4. The summed E-state index contributed by atoms with van der Waals surface area (Å²) in [6.07, 6.45) is 1.21. The monoisotopic (exact) mass is 496 g/mol. The molecule has 26 heavy (non-hydrogen) atoms. The Balaban J connectivity index is 0.00000338. The van der Waals surface area contributed by atoms with Crippen molar-refractivity contribution in [3.05, 3.63) is 30.3 Å². The molecule has 1 aliphatic rings. The Bertz CT molecular complexity index is 647. The number of para-hydroxylation sites is 1. The Hall–Kier alpha value is -1.07. The number of anilines is 1.